The van der Waals surface area contributed by atoms with Crippen LogP contribution in [0.4, 0.5) is 0 Å². The van der Waals surface area contributed by atoms with Crippen molar-refractivity contribution in [1.29, 1.82) is 0 Å². The average molecular weight is 119 g/mol. The number of unbranched alkanes of at least 4 members (excludes halogenated alkanes) is 5. The Morgan fingerprint density at radius 3 is 2.56 bits per heavy atom. The van der Waals surface area contributed by atoms with Gasteiger partial charge in [0.25, 0.3) is 0 Å². The van der Waals surface area contributed by atoms with Crippen LogP contribution in [0.2, 0.25) is 5.09 Å². The van der Waals surface area contributed by atoms with Crippen LogP contribution in [0.15, 0.2) is 0 Å². The molecule has 0 fully saturated rings. The zero-order chi connectivity index (χ0) is 6.95. The van der Waals surface area contributed by atoms with E-state index in [1.54, 1.807) is 0 Å². The van der Waals surface area contributed by atoms with Crippen molar-refractivity contribution in [3.05, 3.63) is 6.42 Å². The minimum atomic E-state index is 1.24. The summed E-state index contributed by atoms with van der Waals surface area (Å²) in [5.41, 5.74) is 0. The quantitative estimate of drug-likeness (QED) is 0.372. The van der Waals surface area contributed by atoms with E-state index in [9.17, 15) is 0 Å². The van der Waals surface area contributed by atoms with Crippen LogP contribution < -0.4 is 0 Å². The van der Waals surface area contributed by atoms with Gasteiger partial charge in [0.2, 0.25) is 0 Å². The first-order chi connectivity index (χ1) is 4.41. The van der Waals surface area contributed by atoms with E-state index in [-0.39, 0.29) is 0 Å². The van der Waals surface area contributed by atoms with Crippen molar-refractivity contribution in [1.82, 2.24) is 0 Å². The van der Waals surface area contributed by atoms with Gasteiger partial charge < -0.3 is 0 Å². The Bertz CT molecular complexity index is 37.8. The molecule has 0 aliphatic rings. The minimum absolute atomic E-state index is 1.24. The van der Waals surface area contributed by atoms with Crippen LogP contribution in [-0.4, -0.2) is 17.7 Å². The summed E-state index contributed by atoms with van der Waals surface area (Å²) in [7, 11) is 0. The Hall–Kier alpha value is 0.597. The normalized spacial score (nSPS) is 10.1. The van der Waals surface area contributed by atoms with Crippen LogP contribution in [0.5, 0.6) is 0 Å². The van der Waals surface area contributed by atoms with E-state index in [4.69, 9.17) is 0 Å². The van der Waals surface area contributed by atoms with Crippen molar-refractivity contribution in [2.24, 2.45) is 0 Å². The molecule has 0 spiro atoms. The van der Waals surface area contributed by atoms with Crippen LogP contribution in [0.3, 0.4) is 0 Å². The molecule has 0 saturated heterocycles. The summed E-state index contributed by atoms with van der Waals surface area (Å²) in [6.45, 7) is 2.21. The zero-order valence-corrected chi connectivity index (χ0v) is 6.82. The Balaban J connectivity index is 2.60. The second-order valence-corrected chi connectivity index (χ2v) is 2.55. The van der Waals surface area contributed by atoms with Gasteiger partial charge in [-0.25, -0.2) is 0 Å². The van der Waals surface area contributed by atoms with Crippen LogP contribution >= 0.6 is 0 Å². The maximum atomic E-state index is 2.37. The number of rotatable bonds is 6. The predicted molar refractivity (Wildman–Crippen MR) is 43.6 cm³/mol. The first kappa shape index (κ1) is 9.60. The first-order valence-electron chi connectivity index (χ1n) is 4.23. The fourth-order valence-electron chi connectivity index (χ4n) is 0.920. The van der Waals surface area contributed by atoms with Gasteiger partial charge in [-0.05, 0) is 0 Å². The first-order valence-corrected chi connectivity index (χ1v) is 4.23. The zero-order valence-electron chi connectivity index (χ0n) is 6.82. The van der Waals surface area contributed by atoms with Gasteiger partial charge in [0.1, 0.15) is 0 Å². The van der Waals surface area contributed by atoms with Crippen LogP contribution in [0.1, 0.15) is 39.0 Å². The van der Waals surface area contributed by atoms with Crippen molar-refractivity contribution in [3.8, 4) is 0 Å². The second-order valence-electron chi connectivity index (χ2n) is 2.55. The summed E-state index contributed by atoms with van der Waals surface area (Å²) in [6, 6.07) is 0. The molecule has 0 aromatic heterocycles. The standard InChI is InChI=1S/C8H16.Li/c1-3-5-7-8-6-4-2;/h6H,1,3-5,7-8H2,2H3;. The summed E-state index contributed by atoms with van der Waals surface area (Å²) in [5.74, 6) is 0. The monoisotopic (exact) mass is 119 g/mol. The third-order valence-electron chi connectivity index (χ3n) is 1.55. The Labute approximate surface area is 68.6 Å². The molecule has 0 rings (SSSR count). The van der Waals surface area contributed by atoms with E-state index >= 15 is 0 Å². The molecule has 0 nitrogen and oxygen atoms in total. The molecule has 0 N–H and O–H groups in total. The van der Waals surface area contributed by atoms with Crippen molar-refractivity contribution in [2.45, 2.75) is 44.1 Å². The fourth-order valence-corrected chi connectivity index (χ4v) is 0.920. The van der Waals surface area contributed by atoms with E-state index < -0.39 is 0 Å². The molecule has 1 radical (unpaired) electrons. The van der Waals surface area contributed by atoms with E-state index in [1.807, 2.05) is 0 Å². The van der Waals surface area contributed by atoms with E-state index in [0.29, 0.717) is 0 Å². The van der Waals surface area contributed by atoms with E-state index in [0.717, 1.165) is 0 Å². The van der Waals surface area contributed by atoms with Crippen LogP contribution in [0.25, 0.3) is 0 Å². The maximum absolute atomic E-state index is 2.37. The van der Waals surface area contributed by atoms with E-state index in [2.05, 4.69) is 31.1 Å². The SMILES string of the molecule is [Li][CH2]CCCC[CH]CC. The Morgan fingerprint density at radius 2 is 2.00 bits per heavy atom. The van der Waals surface area contributed by atoms with Gasteiger partial charge in [-0.1, -0.05) is 0 Å². The van der Waals surface area contributed by atoms with Gasteiger partial charge in [-0.3, -0.25) is 0 Å². The van der Waals surface area contributed by atoms with Crippen LogP contribution in [0, 0.1) is 6.42 Å². The second kappa shape index (κ2) is 8.60. The molecule has 0 unspecified atom stereocenters. The van der Waals surface area contributed by atoms with Crippen molar-refractivity contribution in [2.75, 3.05) is 0 Å². The third-order valence-corrected chi connectivity index (χ3v) is 1.55. The molecule has 0 aliphatic carbocycles. The number of hydrogen-bond acceptors (Lipinski definition) is 0. The third kappa shape index (κ3) is 8.60. The van der Waals surface area contributed by atoms with Crippen molar-refractivity contribution in [3.63, 3.8) is 0 Å². The molecule has 0 aliphatic heterocycles. The van der Waals surface area contributed by atoms with Gasteiger partial charge in [-0.2, -0.15) is 0 Å². The molecule has 0 atom stereocenters. The average Bonchev–Trinajstić information content (AvgIpc) is 1.89. The molecule has 0 aromatic rings. The summed E-state index contributed by atoms with van der Waals surface area (Å²) >= 11 is 2.25. The molecule has 0 amide bonds. The van der Waals surface area contributed by atoms with Gasteiger partial charge in [-0.15, -0.1) is 0 Å². The summed E-state index contributed by atoms with van der Waals surface area (Å²) in [4.78, 5) is 0. The summed E-state index contributed by atoms with van der Waals surface area (Å²) < 4.78 is 0. The van der Waals surface area contributed by atoms with Gasteiger partial charge in [0, 0.05) is 0 Å². The van der Waals surface area contributed by atoms with Crippen molar-refractivity contribution >= 4 is 17.7 Å². The van der Waals surface area contributed by atoms with Crippen molar-refractivity contribution < 1.29 is 0 Å². The molecule has 0 bridgehead atoms. The molecule has 0 heterocycles. The molecule has 49 valence electrons. The van der Waals surface area contributed by atoms with E-state index in [1.165, 1.54) is 37.2 Å². The topological polar surface area (TPSA) is 0 Å². The fraction of sp³-hybridized carbons (Fsp3) is 0.875. The van der Waals surface area contributed by atoms with Gasteiger partial charge in [0.05, 0.1) is 0 Å². The molecule has 0 saturated carbocycles. The molecular formula is C8H16Li. The van der Waals surface area contributed by atoms with Crippen LogP contribution in [-0.2, 0) is 0 Å². The predicted octanol–water partition coefficient (Wildman–Crippen LogP) is 2.75. The molecule has 1 heteroatoms. The molecular weight excluding hydrogens is 103 g/mol. The Morgan fingerprint density at radius 1 is 1.22 bits per heavy atom. The molecule has 0 aromatic carbocycles. The molecule has 9 heavy (non-hydrogen) atoms. The number of hydrogen-bond donors (Lipinski definition) is 0. The van der Waals surface area contributed by atoms with Gasteiger partial charge in [0.15, 0.2) is 0 Å². The Kier molecular flexibility index (Phi) is 9.17. The summed E-state index contributed by atoms with van der Waals surface area (Å²) in [6.07, 6.45) is 9.19. The summed E-state index contributed by atoms with van der Waals surface area (Å²) in [5, 5.41) is 1.35. The van der Waals surface area contributed by atoms with Gasteiger partial charge >= 0.3 is 68.3 Å².